The Labute approximate surface area is 359 Å². The van der Waals surface area contributed by atoms with E-state index in [1.807, 2.05) is 0 Å². The molecule has 2 aliphatic heterocycles. The Morgan fingerprint density at radius 1 is 0.574 bits per heavy atom. The SMILES string of the molecule is CC(C)(C)c1ccc(N2B3c4cc5c(cc4-n4c6ccc7c8ccccc8oc7c6c6ccc(c3c64)-c3cc4c(cc32)C(C)(C)CCC4(C)C)C(C)(C)c2ccccc2-5)cc1. The number of benzene rings is 7. The van der Waals surface area contributed by atoms with E-state index in [-0.39, 0.29) is 28.5 Å². The van der Waals surface area contributed by atoms with Gasteiger partial charge < -0.3 is 13.8 Å². The predicted molar refractivity (Wildman–Crippen MR) is 259 cm³/mol. The van der Waals surface area contributed by atoms with Crippen LogP contribution >= 0.6 is 0 Å². The molecule has 0 saturated carbocycles. The van der Waals surface area contributed by atoms with Gasteiger partial charge in [-0.25, -0.2) is 0 Å². The van der Waals surface area contributed by atoms with Crippen LogP contribution in [0.5, 0.6) is 0 Å². The monoisotopic (exact) mass is 790 g/mol. The van der Waals surface area contributed by atoms with E-state index in [2.05, 4.69) is 193 Å². The molecule has 2 aliphatic carbocycles. The van der Waals surface area contributed by atoms with Crippen molar-refractivity contribution >= 4 is 72.9 Å². The molecule has 7 aromatic carbocycles. The lowest BCUT2D eigenvalue weighted by Crippen LogP contribution is -2.60. The third-order valence-corrected chi connectivity index (χ3v) is 15.8. The Balaban J connectivity index is 1.22. The number of fused-ring (bicyclic) bond motifs is 16. The van der Waals surface area contributed by atoms with E-state index in [9.17, 15) is 0 Å². The van der Waals surface area contributed by atoms with Gasteiger partial charge >= 0.3 is 6.85 Å². The highest BCUT2D eigenvalue weighted by molar-refractivity contribution is 6.93. The fourth-order valence-corrected chi connectivity index (χ4v) is 12.3. The van der Waals surface area contributed by atoms with Crippen molar-refractivity contribution in [2.45, 2.75) is 96.8 Å². The second kappa shape index (κ2) is 11.3. The van der Waals surface area contributed by atoms with Gasteiger partial charge in [0.25, 0.3) is 0 Å². The lowest BCUT2D eigenvalue weighted by molar-refractivity contribution is 0.332. The van der Waals surface area contributed by atoms with E-state index in [0.29, 0.717) is 0 Å². The zero-order valence-electron chi connectivity index (χ0n) is 36.8. The molecule has 2 aromatic heterocycles. The van der Waals surface area contributed by atoms with Gasteiger partial charge in [0.05, 0.1) is 16.4 Å². The van der Waals surface area contributed by atoms with E-state index in [1.165, 1.54) is 118 Å². The van der Waals surface area contributed by atoms with Crippen molar-refractivity contribution in [1.82, 2.24) is 4.57 Å². The quantitative estimate of drug-likeness (QED) is 0.154. The summed E-state index contributed by atoms with van der Waals surface area (Å²) in [6.45, 7) is 21.5. The zero-order valence-corrected chi connectivity index (χ0v) is 36.8. The van der Waals surface area contributed by atoms with E-state index in [1.54, 1.807) is 0 Å². The third kappa shape index (κ3) is 4.46. The number of nitrogens with zero attached hydrogens (tertiary/aromatic N) is 2. The Bertz CT molecular complexity index is 3440. The average Bonchev–Trinajstić information content (AvgIpc) is 3.86. The number of aromatic nitrogens is 1. The molecule has 9 aromatic rings. The number of anilines is 2. The highest BCUT2D eigenvalue weighted by Crippen LogP contribution is 2.55. The smallest absolute Gasteiger partial charge is 0.333 e. The minimum atomic E-state index is -0.143. The normalized spacial score (nSPS) is 17.5. The van der Waals surface area contributed by atoms with Gasteiger partial charge in [0, 0.05) is 44.2 Å². The van der Waals surface area contributed by atoms with Crippen LogP contribution in [0.3, 0.4) is 0 Å². The van der Waals surface area contributed by atoms with Crippen molar-refractivity contribution in [2.75, 3.05) is 4.81 Å². The molecular weight excluding hydrogens is 739 g/mol. The van der Waals surface area contributed by atoms with Crippen LogP contribution in [0.1, 0.15) is 103 Å². The summed E-state index contributed by atoms with van der Waals surface area (Å²) in [5, 5.41) is 4.78. The first kappa shape index (κ1) is 35.7. The molecule has 0 saturated heterocycles. The van der Waals surface area contributed by atoms with Crippen LogP contribution in [0.2, 0.25) is 0 Å². The van der Waals surface area contributed by atoms with Gasteiger partial charge in [0.15, 0.2) is 0 Å². The van der Waals surface area contributed by atoms with Gasteiger partial charge in [-0.15, -0.1) is 0 Å². The number of hydrogen-bond acceptors (Lipinski definition) is 2. The van der Waals surface area contributed by atoms with Crippen LogP contribution in [-0.4, -0.2) is 11.4 Å². The van der Waals surface area contributed by atoms with Gasteiger partial charge in [-0.05, 0) is 133 Å². The van der Waals surface area contributed by atoms with Crippen LogP contribution in [0.25, 0.3) is 71.7 Å². The van der Waals surface area contributed by atoms with E-state index in [0.717, 1.165) is 16.6 Å². The maximum Gasteiger partial charge on any atom is 0.333 e. The summed E-state index contributed by atoms with van der Waals surface area (Å²) in [6.07, 6.45) is 2.35. The van der Waals surface area contributed by atoms with Gasteiger partial charge in [-0.3, -0.25) is 0 Å². The van der Waals surface area contributed by atoms with Gasteiger partial charge in [0.1, 0.15) is 11.2 Å². The Morgan fingerprint density at radius 3 is 2.03 bits per heavy atom. The van der Waals surface area contributed by atoms with Crippen molar-refractivity contribution in [3.8, 4) is 27.9 Å². The van der Waals surface area contributed by atoms with Crippen molar-refractivity contribution in [3.63, 3.8) is 0 Å². The second-order valence-electron chi connectivity index (χ2n) is 21.6. The molecule has 4 aliphatic rings. The minimum absolute atomic E-state index is 0.0485. The fourth-order valence-electron chi connectivity index (χ4n) is 12.3. The van der Waals surface area contributed by atoms with Gasteiger partial charge in [-0.2, -0.15) is 0 Å². The van der Waals surface area contributed by atoms with Crippen molar-refractivity contribution < 1.29 is 4.42 Å². The predicted octanol–water partition coefficient (Wildman–Crippen LogP) is 13.9. The molecule has 0 radical (unpaired) electrons. The summed E-state index contributed by atoms with van der Waals surface area (Å²) in [5.41, 5.74) is 23.5. The van der Waals surface area contributed by atoms with Crippen molar-refractivity contribution in [3.05, 3.63) is 149 Å². The molecule has 298 valence electrons. The summed E-state index contributed by atoms with van der Waals surface area (Å²) < 4.78 is 9.52. The summed E-state index contributed by atoms with van der Waals surface area (Å²) in [7, 11) is 0. The summed E-state index contributed by atoms with van der Waals surface area (Å²) in [6, 6.07) is 47.1. The number of para-hydroxylation sites is 1. The number of furan rings is 1. The lowest BCUT2D eigenvalue weighted by atomic mass is 9.43. The average molecular weight is 791 g/mol. The molecule has 0 amide bonds. The first-order valence-corrected chi connectivity index (χ1v) is 22.4. The maximum absolute atomic E-state index is 6.89. The molecule has 0 N–H and O–H groups in total. The van der Waals surface area contributed by atoms with Crippen LogP contribution in [0.4, 0.5) is 11.4 Å². The molecule has 4 heterocycles. The third-order valence-electron chi connectivity index (χ3n) is 15.8. The molecular formula is C57H51BN2O. The lowest BCUT2D eigenvalue weighted by Gasteiger charge is -2.46. The highest BCUT2D eigenvalue weighted by atomic mass is 16.3. The second-order valence-corrected chi connectivity index (χ2v) is 21.6. The standard InChI is InChI=1S/C57H51BN2O/c1-54(2,3)32-18-20-33(21-19-32)60-47-31-44-43(55(4,5)26-27-56(44,6)7)28-40(47)36-22-23-38-50-46(25-24-37-35-15-11-13-17-49(35)61-53(37)50)59-48-30-42-39(29-45(48)58(60)51(36)52(38)59)34-14-10-12-16-41(34)57(42,8)9/h10-25,28-31H,26-27H2,1-9H3. The van der Waals surface area contributed by atoms with Gasteiger partial charge in [-0.1, -0.05) is 135 Å². The zero-order chi connectivity index (χ0) is 41.7. The van der Waals surface area contributed by atoms with Crippen LogP contribution in [-0.2, 0) is 21.7 Å². The van der Waals surface area contributed by atoms with E-state index >= 15 is 0 Å². The maximum atomic E-state index is 6.89. The number of hydrogen-bond donors (Lipinski definition) is 0. The van der Waals surface area contributed by atoms with Crippen molar-refractivity contribution in [2.24, 2.45) is 0 Å². The minimum Gasteiger partial charge on any atom is -0.455 e. The Morgan fingerprint density at radius 2 is 1.26 bits per heavy atom. The van der Waals surface area contributed by atoms with Crippen molar-refractivity contribution in [1.29, 1.82) is 0 Å². The molecule has 3 nitrogen and oxygen atoms in total. The summed E-state index contributed by atoms with van der Waals surface area (Å²) in [5.74, 6) is 0. The summed E-state index contributed by atoms with van der Waals surface area (Å²) in [4.78, 5) is 2.73. The molecule has 61 heavy (non-hydrogen) atoms. The van der Waals surface area contributed by atoms with Gasteiger partial charge in [0.2, 0.25) is 0 Å². The van der Waals surface area contributed by atoms with E-state index < -0.39 is 0 Å². The molecule has 0 spiro atoms. The molecule has 4 heteroatoms. The molecule has 13 rings (SSSR count). The first-order valence-electron chi connectivity index (χ1n) is 22.4. The fraction of sp³-hybridized carbons (Fsp3) is 0.263. The molecule has 0 unspecified atom stereocenters. The van der Waals surface area contributed by atoms with Crippen LogP contribution < -0.4 is 15.7 Å². The molecule has 0 atom stereocenters. The Kier molecular flexibility index (Phi) is 6.60. The Hall–Kier alpha value is -6.00. The van der Waals surface area contributed by atoms with E-state index in [4.69, 9.17) is 4.42 Å². The van der Waals surface area contributed by atoms with Crippen LogP contribution in [0, 0.1) is 0 Å². The first-order chi connectivity index (χ1) is 29.1. The largest absolute Gasteiger partial charge is 0.455 e. The molecule has 0 fully saturated rings. The number of rotatable bonds is 1. The molecule has 0 bridgehead atoms. The van der Waals surface area contributed by atoms with Crippen LogP contribution in [0.15, 0.2) is 126 Å². The highest BCUT2D eigenvalue weighted by Gasteiger charge is 2.48. The summed E-state index contributed by atoms with van der Waals surface area (Å²) >= 11 is 0. The topological polar surface area (TPSA) is 21.3 Å².